The van der Waals surface area contributed by atoms with Crippen LogP contribution in [0.15, 0.2) is 53.8 Å². The van der Waals surface area contributed by atoms with E-state index in [-0.39, 0.29) is 6.01 Å². The molecule has 1 N–H and O–H groups in total. The average Bonchev–Trinajstić information content (AvgIpc) is 2.80. The van der Waals surface area contributed by atoms with Crippen LogP contribution in [0.25, 0.3) is 0 Å². The third kappa shape index (κ3) is 6.19. The maximum atomic E-state index is 5.81. The summed E-state index contributed by atoms with van der Waals surface area (Å²) in [5.41, 5.74) is 6.00. The van der Waals surface area contributed by atoms with Gasteiger partial charge >= 0.3 is 6.01 Å². The van der Waals surface area contributed by atoms with Crippen LogP contribution in [0.2, 0.25) is 0 Å². The summed E-state index contributed by atoms with van der Waals surface area (Å²) in [6, 6.07) is 14.1. The summed E-state index contributed by atoms with van der Waals surface area (Å²) < 4.78 is 11.2. The highest BCUT2D eigenvalue weighted by Crippen LogP contribution is 2.16. The molecular formula is C22H25N7O2. The number of hydrogen-bond donors (Lipinski definition) is 1. The molecule has 1 fully saturated rings. The standard InChI is InChI=1S/C22H25N7O2/c1-17-5-4-6-18(15-17)16-24-28-20-25-21(29-10-13-30-14-11-29)27-22(26-20)31-12-8-19-7-2-3-9-23-19/h2-7,9,15-16H,8,10-14H2,1H3,(H,25,26,27,28). The molecular weight excluding hydrogens is 394 g/mol. The van der Waals surface area contributed by atoms with E-state index < -0.39 is 0 Å². The molecule has 1 aromatic carbocycles. The molecule has 0 saturated carbocycles. The van der Waals surface area contributed by atoms with E-state index in [1.165, 1.54) is 5.56 Å². The molecule has 0 atom stereocenters. The first-order valence-corrected chi connectivity index (χ1v) is 10.2. The molecule has 4 rings (SSSR count). The number of aromatic nitrogens is 4. The summed E-state index contributed by atoms with van der Waals surface area (Å²) in [6.45, 7) is 5.15. The zero-order valence-corrected chi connectivity index (χ0v) is 17.4. The van der Waals surface area contributed by atoms with Gasteiger partial charge in [-0.3, -0.25) is 4.98 Å². The molecule has 3 aromatic rings. The number of anilines is 2. The maximum absolute atomic E-state index is 5.81. The van der Waals surface area contributed by atoms with Crippen LogP contribution in [-0.4, -0.2) is 59.1 Å². The minimum Gasteiger partial charge on any atom is -0.463 e. The summed E-state index contributed by atoms with van der Waals surface area (Å²) in [4.78, 5) is 19.7. The van der Waals surface area contributed by atoms with Gasteiger partial charge in [-0.15, -0.1) is 0 Å². The van der Waals surface area contributed by atoms with Crippen molar-refractivity contribution >= 4 is 18.1 Å². The van der Waals surface area contributed by atoms with Gasteiger partial charge in [-0.25, -0.2) is 5.43 Å². The Morgan fingerprint density at radius 1 is 1.13 bits per heavy atom. The Balaban J connectivity index is 1.46. The molecule has 0 bridgehead atoms. The Morgan fingerprint density at radius 3 is 2.84 bits per heavy atom. The first-order chi connectivity index (χ1) is 15.3. The highest BCUT2D eigenvalue weighted by atomic mass is 16.5. The molecule has 0 unspecified atom stereocenters. The van der Waals surface area contributed by atoms with Crippen molar-refractivity contribution in [1.29, 1.82) is 0 Å². The molecule has 160 valence electrons. The van der Waals surface area contributed by atoms with Gasteiger partial charge in [-0.1, -0.05) is 35.9 Å². The van der Waals surface area contributed by atoms with Crippen LogP contribution in [-0.2, 0) is 11.2 Å². The maximum Gasteiger partial charge on any atom is 0.323 e. The fourth-order valence-corrected chi connectivity index (χ4v) is 3.07. The second-order valence-electron chi connectivity index (χ2n) is 7.04. The van der Waals surface area contributed by atoms with Crippen molar-refractivity contribution in [3.05, 3.63) is 65.5 Å². The molecule has 3 heterocycles. The van der Waals surface area contributed by atoms with Crippen molar-refractivity contribution in [2.75, 3.05) is 43.2 Å². The van der Waals surface area contributed by atoms with E-state index in [4.69, 9.17) is 9.47 Å². The van der Waals surface area contributed by atoms with Gasteiger partial charge in [0.2, 0.25) is 5.95 Å². The first-order valence-electron chi connectivity index (χ1n) is 10.2. The van der Waals surface area contributed by atoms with Crippen LogP contribution in [0.3, 0.4) is 0 Å². The molecule has 0 aliphatic carbocycles. The lowest BCUT2D eigenvalue weighted by molar-refractivity contribution is 0.122. The molecule has 1 saturated heterocycles. The first kappa shape index (κ1) is 20.7. The number of hydrogen-bond acceptors (Lipinski definition) is 9. The van der Waals surface area contributed by atoms with Gasteiger partial charge in [0, 0.05) is 31.4 Å². The van der Waals surface area contributed by atoms with Gasteiger partial charge in [-0.05, 0) is 24.6 Å². The highest BCUT2D eigenvalue weighted by Gasteiger charge is 2.17. The summed E-state index contributed by atoms with van der Waals surface area (Å²) in [5.74, 6) is 0.868. The van der Waals surface area contributed by atoms with Crippen LogP contribution >= 0.6 is 0 Å². The molecule has 1 aliphatic rings. The van der Waals surface area contributed by atoms with Crippen molar-refractivity contribution in [3.8, 4) is 6.01 Å². The van der Waals surface area contributed by atoms with E-state index in [2.05, 4.69) is 30.5 Å². The zero-order chi connectivity index (χ0) is 21.3. The highest BCUT2D eigenvalue weighted by molar-refractivity contribution is 5.80. The van der Waals surface area contributed by atoms with Crippen molar-refractivity contribution in [2.24, 2.45) is 5.10 Å². The molecule has 9 heteroatoms. The normalized spacial score (nSPS) is 14.0. The fourth-order valence-electron chi connectivity index (χ4n) is 3.07. The summed E-state index contributed by atoms with van der Waals surface area (Å²) in [7, 11) is 0. The van der Waals surface area contributed by atoms with E-state index >= 15 is 0 Å². The molecule has 2 aromatic heterocycles. The quantitative estimate of drug-likeness (QED) is 0.439. The Kier molecular flexibility index (Phi) is 6.96. The van der Waals surface area contributed by atoms with Crippen molar-refractivity contribution in [2.45, 2.75) is 13.3 Å². The van der Waals surface area contributed by atoms with Crippen molar-refractivity contribution < 1.29 is 9.47 Å². The minimum atomic E-state index is 0.251. The minimum absolute atomic E-state index is 0.251. The van der Waals surface area contributed by atoms with E-state index in [0.717, 1.165) is 11.3 Å². The number of nitrogens with one attached hydrogen (secondary N) is 1. The Hall–Kier alpha value is -3.59. The van der Waals surface area contributed by atoms with Crippen LogP contribution < -0.4 is 15.1 Å². The molecule has 31 heavy (non-hydrogen) atoms. The number of nitrogens with zero attached hydrogens (tertiary/aromatic N) is 6. The lowest BCUT2D eigenvalue weighted by atomic mass is 10.2. The smallest absolute Gasteiger partial charge is 0.323 e. The molecule has 0 spiro atoms. The predicted molar refractivity (Wildman–Crippen MR) is 119 cm³/mol. The number of ether oxygens (including phenoxy) is 2. The van der Waals surface area contributed by atoms with E-state index in [1.54, 1.807) is 12.4 Å². The Labute approximate surface area is 181 Å². The third-order valence-electron chi connectivity index (χ3n) is 4.63. The SMILES string of the molecule is Cc1cccc(C=NNc2nc(OCCc3ccccn3)nc(N3CCOCC3)n2)c1. The lowest BCUT2D eigenvalue weighted by Crippen LogP contribution is -2.37. The van der Waals surface area contributed by atoms with Crippen LogP contribution in [0.5, 0.6) is 6.01 Å². The van der Waals surface area contributed by atoms with Gasteiger partial charge in [0.05, 0.1) is 26.0 Å². The number of pyridine rings is 1. The van der Waals surface area contributed by atoms with E-state index in [0.29, 0.717) is 51.2 Å². The fraction of sp³-hybridized carbons (Fsp3) is 0.318. The lowest BCUT2D eigenvalue weighted by Gasteiger charge is -2.26. The van der Waals surface area contributed by atoms with Crippen LogP contribution in [0.1, 0.15) is 16.8 Å². The number of rotatable bonds is 8. The van der Waals surface area contributed by atoms with Gasteiger partial charge in [-0.2, -0.15) is 20.1 Å². The molecule has 9 nitrogen and oxygen atoms in total. The zero-order valence-electron chi connectivity index (χ0n) is 17.4. The van der Waals surface area contributed by atoms with E-state index in [9.17, 15) is 0 Å². The van der Waals surface area contributed by atoms with Gasteiger partial charge < -0.3 is 14.4 Å². The topological polar surface area (TPSA) is 97.7 Å². The monoisotopic (exact) mass is 419 g/mol. The second kappa shape index (κ2) is 10.4. The largest absolute Gasteiger partial charge is 0.463 e. The number of benzene rings is 1. The van der Waals surface area contributed by atoms with Gasteiger partial charge in [0.15, 0.2) is 0 Å². The second-order valence-corrected chi connectivity index (χ2v) is 7.04. The Bertz CT molecular complexity index is 1010. The summed E-state index contributed by atoms with van der Waals surface area (Å²) >= 11 is 0. The number of hydrazone groups is 1. The molecule has 1 aliphatic heterocycles. The average molecular weight is 419 g/mol. The number of morpholine rings is 1. The number of aryl methyl sites for hydroxylation is 1. The molecule has 0 amide bonds. The van der Waals surface area contributed by atoms with Crippen molar-refractivity contribution in [3.63, 3.8) is 0 Å². The molecule has 0 radical (unpaired) electrons. The van der Waals surface area contributed by atoms with Crippen molar-refractivity contribution in [1.82, 2.24) is 19.9 Å². The van der Waals surface area contributed by atoms with Gasteiger partial charge in [0.1, 0.15) is 0 Å². The van der Waals surface area contributed by atoms with Gasteiger partial charge in [0.25, 0.3) is 5.95 Å². The van der Waals surface area contributed by atoms with Crippen LogP contribution in [0, 0.1) is 6.92 Å². The Morgan fingerprint density at radius 2 is 2.03 bits per heavy atom. The summed E-state index contributed by atoms with van der Waals surface area (Å²) in [6.07, 6.45) is 4.16. The van der Waals surface area contributed by atoms with Crippen LogP contribution in [0.4, 0.5) is 11.9 Å². The van der Waals surface area contributed by atoms with E-state index in [1.807, 2.05) is 54.3 Å². The third-order valence-corrected chi connectivity index (χ3v) is 4.63. The predicted octanol–water partition coefficient (Wildman–Crippen LogP) is 2.48. The summed E-state index contributed by atoms with van der Waals surface area (Å²) in [5, 5.41) is 4.27.